The molecule has 7 nitrogen and oxygen atoms in total. The standard InChI is InChI=1S/C29H36N2O5S/c1-17-18(2)25-23(19(3)24(17)32)12-13-29(4,36-25)16-31-14-6-7-21(31)15-35-22-10-8-20(9-11-22)26-27(33)30(5)28(34)37-26/h8-11,21,26,32H,6-7,12-16H2,1-5H3/t21-,26?,29?/m0/s1. The van der Waals surface area contributed by atoms with Crippen LogP contribution in [0.15, 0.2) is 24.3 Å². The van der Waals surface area contributed by atoms with Gasteiger partial charge >= 0.3 is 0 Å². The van der Waals surface area contributed by atoms with Gasteiger partial charge < -0.3 is 14.6 Å². The van der Waals surface area contributed by atoms with E-state index in [1.54, 1.807) is 0 Å². The van der Waals surface area contributed by atoms with Crippen molar-refractivity contribution in [3.8, 4) is 17.2 Å². The summed E-state index contributed by atoms with van der Waals surface area (Å²) in [6.45, 7) is 10.6. The van der Waals surface area contributed by atoms with E-state index in [1.165, 1.54) is 11.9 Å². The first-order valence-corrected chi connectivity index (χ1v) is 13.9. The fourth-order valence-corrected chi connectivity index (χ4v) is 6.77. The van der Waals surface area contributed by atoms with Crippen molar-refractivity contribution in [3.05, 3.63) is 52.1 Å². The number of phenols is 1. The van der Waals surface area contributed by atoms with E-state index in [2.05, 4.69) is 11.8 Å². The van der Waals surface area contributed by atoms with Crippen molar-refractivity contribution >= 4 is 22.9 Å². The first kappa shape index (κ1) is 25.9. The SMILES string of the molecule is Cc1c(C)c2c(c(C)c1O)CCC(C)(CN1CCC[C@H]1COc1ccc(C3SC(=O)N(C)C3=O)cc1)O2. The summed E-state index contributed by atoms with van der Waals surface area (Å²) in [4.78, 5) is 27.8. The van der Waals surface area contributed by atoms with Crippen LogP contribution in [0.25, 0.3) is 0 Å². The Bertz CT molecular complexity index is 1230. The number of ether oxygens (including phenoxy) is 2. The molecule has 3 atom stereocenters. The molecule has 2 saturated heterocycles. The number of carbonyl (C=O) groups excluding carboxylic acids is 2. The average Bonchev–Trinajstić information content (AvgIpc) is 3.43. The molecule has 0 radical (unpaired) electrons. The Balaban J connectivity index is 1.21. The Labute approximate surface area is 223 Å². The molecular weight excluding hydrogens is 488 g/mol. The summed E-state index contributed by atoms with van der Waals surface area (Å²) in [5, 5.41) is 9.80. The molecule has 0 aliphatic carbocycles. The zero-order chi connectivity index (χ0) is 26.5. The van der Waals surface area contributed by atoms with E-state index in [1.807, 2.05) is 45.0 Å². The van der Waals surface area contributed by atoms with E-state index in [-0.39, 0.29) is 16.7 Å². The molecule has 0 spiro atoms. The molecule has 37 heavy (non-hydrogen) atoms. The highest BCUT2D eigenvalue weighted by atomic mass is 32.2. The highest BCUT2D eigenvalue weighted by molar-refractivity contribution is 8.14. The first-order chi connectivity index (χ1) is 17.6. The van der Waals surface area contributed by atoms with Crippen LogP contribution in [0, 0.1) is 20.8 Å². The zero-order valence-electron chi connectivity index (χ0n) is 22.3. The summed E-state index contributed by atoms with van der Waals surface area (Å²) >= 11 is 1.06. The van der Waals surface area contributed by atoms with Gasteiger partial charge in [0.25, 0.3) is 5.24 Å². The Hall–Kier alpha value is -2.71. The van der Waals surface area contributed by atoms with E-state index in [9.17, 15) is 14.7 Å². The molecule has 2 unspecified atom stereocenters. The molecule has 1 N–H and O–H groups in total. The maximum Gasteiger partial charge on any atom is 0.289 e. The average molecular weight is 525 g/mol. The lowest BCUT2D eigenvalue weighted by Crippen LogP contribution is -2.50. The largest absolute Gasteiger partial charge is 0.507 e. The Kier molecular flexibility index (Phi) is 6.92. The van der Waals surface area contributed by atoms with Crippen LogP contribution in [0.1, 0.15) is 59.3 Å². The number of likely N-dealkylation sites (tertiary alicyclic amines) is 1. The predicted molar refractivity (Wildman–Crippen MR) is 145 cm³/mol. The van der Waals surface area contributed by atoms with E-state index >= 15 is 0 Å². The second-order valence-electron chi connectivity index (χ2n) is 10.9. The number of benzene rings is 2. The minimum atomic E-state index is -0.474. The number of hydrogen-bond donors (Lipinski definition) is 1. The Morgan fingerprint density at radius 1 is 1.14 bits per heavy atom. The Morgan fingerprint density at radius 3 is 2.54 bits per heavy atom. The van der Waals surface area contributed by atoms with E-state index in [0.717, 1.165) is 89.9 Å². The highest BCUT2D eigenvalue weighted by Gasteiger charge is 2.40. The number of thioether (sulfide) groups is 1. The van der Waals surface area contributed by atoms with Crippen LogP contribution >= 0.6 is 11.8 Å². The lowest BCUT2D eigenvalue weighted by molar-refractivity contribution is -0.125. The summed E-state index contributed by atoms with van der Waals surface area (Å²) in [7, 11) is 1.52. The lowest BCUT2D eigenvalue weighted by Gasteiger charge is -2.41. The number of hydrogen-bond acceptors (Lipinski definition) is 7. The maximum atomic E-state index is 12.3. The van der Waals surface area contributed by atoms with Gasteiger partial charge in [-0.25, -0.2) is 0 Å². The van der Waals surface area contributed by atoms with Crippen molar-refractivity contribution in [1.29, 1.82) is 0 Å². The fraction of sp³-hybridized carbons (Fsp3) is 0.517. The van der Waals surface area contributed by atoms with Gasteiger partial charge in [-0.05, 0) is 106 Å². The van der Waals surface area contributed by atoms with Gasteiger partial charge in [-0.15, -0.1) is 0 Å². The molecule has 0 aromatic heterocycles. The number of imide groups is 1. The molecule has 3 aliphatic heterocycles. The number of amides is 2. The molecule has 3 aliphatic rings. The zero-order valence-corrected chi connectivity index (χ0v) is 23.1. The number of nitrogens with zero attached hydrogens (tertiary/aromatic N) is 2. The van der Waals surface area contributed by atoms with Crippen molar-refractivity contribution in [3.63, 3.8) is 0 Å². The van der Waals surface area contributed by atoms with Crippen LogP contribution in [-0.2, 0) is 11.2 Å². The molecule has 3 heterocycles. The highest BCUT2D eigenvalue weighted by Crippen LogP contribution is 2.44. The van der Waals surface area contributed by atoms with Gasteiger partial charge in [0, 0.05) is 25.2 Å². The van der Waals surface area contributed by atoms with Crippen molar-refractivity contribution in [2.75, 3.05) is 26.7 Å². The molecule has 0 bridgehead atoms. The van der Waals surface area contributed by atoms with Gasteiger partial charge in [0.15, 0.2) is 0 Å². The molecule has 2 amide bonds. The van der Waals surface area contributed by atoms with E-state index in [0.29, 0.717) is 18.4 Å². The fourth-order valence-electron chi connectivity index (χ4n) is 5.77. The molecule has 0 saturated carbocycles. The summed E-state index contributed by atoms with van der Waals surface area (Å²) in [6, 6.07) is 7.83. The normalized spacial score (nSPS) is 25.9. The number of phenolic OH excluding ortho intramolecular Hbond substituents is 1. The maximum absolute atomic E-state index is 12.3. The third kappa shape index (κ3) is 4.81. The minimum Gasteiger partial charge on any atom is -0.507 e. The number of rotatable bonds is 6. The second kappa shape index (κ2) is 9.87. The Morgan fingerprint density at radius 2 is 1.86 bits per heavy atom. The monoisotopic (exact) mass is 524 g/mol. The third-order valence-corrected chi connectivity index (χ3v) is 9.49. The number of fused-ring (bicyclic) bond motifs is 1. The summed E-state index contributed by atoms with van der Waals surface area (Å²) in [5.41, 5.74) is 4.52. The van der Waals surface area contributed by atoms with Crippen LogP contribution in [-0.4, -0.2) is 64.4 Å². The van der Waals surface area contributed by atoms with Gasteiger partial charge in [-0.1, -0.05) is 12.1 Å². The smallest absolute Gasteiger partial charge is 0.289 e. The number of aromatic hydroxyl groups is 1. The van der Waals surface area contributed by atoms with E-state index < -0.39 is 5.25 Å². The summed E-state index contributed by atoms with van der Waals surface area (Å²) in [5.74, 6) is 1.92. The molecule has 2 aromatic rings. The molecule has 198 valence electrons. The quantitative estimate of drug-likeness (QED) is 0.549. The number of likely N-dealkylation sites (N-methyl/N-ethyl adjacent to an activating group) is 1. The van der Waals surface area contributed by atoms with E-state index in [4.69, 9.17) is 9.47 Å². The van der Waals surface area contributed by atoms with Crippen molar-refractivity contribution < 1.29 is 24.2 Å². The van der Waals surface area contributed by atoms with Crippen LogP contribution in [0.2, 0.25) is 0 Å². The van der Waals surface area contributed by atoms with Gasteiger partial charge in [0.05, 0.1) is 0 Å². The van der Waals surface area contributed by atoms with Crippen molar-refractivity contribution in [2.45, 2.75) is 70.3 Å². The minimum absolute atomic E-state index is 0.177. The molecule has 8 heteroatoms. The van der Waals surface area contributed by atoms with Crippen LogP contribution < -0.4 is 9.47 Å². The van der Waals surface area contributed by atoms with Crippen molar-refractivity contribution in [1.82, 2.24) is 9.80 Å². The summed E-state index contributed by atoms with van der Waals surface area (Å²) in [6.07, 6.45) is 4.02. The molecule has 2 aromatic carbocycles. The lowest BCUT2D eigenvalue weighted by atomic mass is 9.87. The van der Waals surface area contributed by atoms with Gasteiger partial charge in [0.1, 0.15) is 34.7 Å². The topological polar surface area (TPSA) is 79.3 Å². The van der Waals surface area contributed by atoms with Gasteiger partial charge in [-0.2, -0.15) is 0 Å². The van der Waals surface area contributed by atoms with Gasteiger partial charge in [-0.3, -0.25) is 19.4 Å². The first-order valence-electron chi connectivity index (χ1n) is 13.0. The molecular formula is C29H36N2O5S. The number of carbonyl (C=O) groups is 2. The third-order valence-electron chi connectivity index (χ3n) is 8.30. The van der Waals surface area contributed by atoms with Crippen LogP contribution in [0.5, 0.6) is 17.2 Å². The van der Waals surface area contributed by atoms with Crippen LogP contribution in [0.4, 0.5) is 4.79 Å². The van der Waals surface area contributed by atoms with Gasteiger partial charge in [0.2, 0.25) is 5.91 Å². The van der Waals surface area contributed by atoms with Crippen LogP contribution in [0.3, 0.4) is 0 Å². The molecule has 2 fully saturated rings. The summed E-state index contributed by atoms with van der Waals surface area (Å²) < 4.78 is 12.8. The van der Waals surface area contributed by atoms with Crippen molar-refractivity contribution in [2.24, 2.45) is 0 Å². The molecule has 5 rings (SSSR count). The predicted octanol–water partition coefficient (Wildman–Crippen LogP) is 5.31. The second-order valence-corrected chi connectivity index (χ2v) is 11.9.